The summed E-state index contributed by atoms with van der Waals surface area (Å²) in [5.41, 5.74) is 11.8. The zero-order valence-corrected chi connectivity index (χ0v) is 11.9. The molecule has 2 aromatic rings. The van der Waals surface area contributed by atoms with Gasteiger partial charge in [0.25, 0.3) is 0 Å². The van der Waals surface area contributed by atoms with E-state index in [0.717, 1.165) is 22.6 Å². The molecule has 0 bridgehead atoms. The summed E-state index contributed by atoms with van der Waals surface area (Å²) in [5, 5.41) is 7.61. The minimum Gasteiger partial charge on any atom is -0.375 e. The number of thiocarbonyl (C=S) groups is 1. The monoisotopic (exact) mass is 284 g/mol. The van der Waals surface area contributed by atoms with Crippen molar-refractivity contribution in [2.75, 3.05) is 5.32 Å². The highest BCUT2D eigenvalue weighted by molar-refractivity contribution is 7.80. The second-order valence-corrected chi connectivity index (χ2v) is 4.68. The number of nitrogens with two attached hydrogens (primary N) is 1. The van der Waals surface area contributed by atoms with E-state index in [1.807, 2.05) is 61.5 Å². The first-order valence-corrected chi connectivity index (χ1v) is 6.58. The molecule has 2 rings (SSSR count). The van der Waals surface area contributed by atoms with E-state index in [1.54, 1.807) is 0 Å². The number of benzene rings is 2. The van der Waals surface area contributed by atoms with Crippen LogP contribution >= 0.6 is 12.2 Å². The van der Waals surface area contributed by atoms with E-state index >= 15 is 0 Å². The van der Waals surface area contributed by atoms with Crippen LogP contribution in [-0.2, 0) is 0 Å². The Morgan fingerprint density at radius 1 is 1.05 bits per heavy atom. The Kier molecular flexibility index (Phi) is 4.68. The maximum atomic E-state index is 5.35. The minimum absolute atomic E-state index is 0.155. The zero-order valence-electron chi connectivity index (χ0n) is 11.1. The van der Waals surface area contributed by atoms with E-state index in [1.165, 1.54) is 0 Å². The molecule has 0 aromatic heterocycles. The predicted octanol–water partition coefficient (Wildman–Crippen LogP) is 2.99. The van der Waals surface area contributed by atoms with Crippen LogP contribution < -0.4 is 16.5 Å². The van der Waals surface area contributed by atoms with Crippen molar-refractivity contribution in [3.05, 3.63) is 60.2 Å². The number of hydrogen-bond acceptors (Lipinski definition) is 3. The van der Waals surface area contributed by atoms with Crippen LogP contribution in [0.3, 0.4) is 0 Å². The lowest BCUT2D eigenvalue weighted by Crippen LogP contribution is -2.25. The standard InChI is InChI=1S/C15H16N4S/c1-11(18-19-15(16)20)12-6-5-9-14(10-12)17-13-7-3-2-4-8-13/h2-10,17H,1H3,(H3,16,19,20)/b18-11+. The van der Waals surface area contributed by atoms with Crippen molar-refractivity contribution < 1.29 is 0 Å². The summed E-state index contributed by atoms with van der Waals surface area (Å²) in [6.45, 7) is 1.90. The fourth-order valence-electron chi connectivity index (χ4n) is 1.71. The fraction of sp³-hybridized carbons (Fsp3) is 0.0667. The average Bonchev–Trinajstić information content (AvgIpc) is 2.46. The largest absolute Gasteiger partial charge is 0.375 e. The van der Waals surface area contributed by atoms with Gasteiger partial charge in [0, 0.05) is 11.4 Å². The summed E-state index contributed by atoms with van der Waals surface area (Å²) in [4.78, 5) is 0. The summed E-state index contributed by atoms with van der Waals surface area (Å²) in [6, 6.07) is 18.0. The SMILES string of the molecule is C/C(=N\NC(N)=S)c1cccc(Nc2ccccc2)c1. The number of nitrogens with one attached hydrogen (secondary N) is 2. The second-order valence-electron chi connectivity index (χ2n) is 4.25. The Labute approximate surface area is 123 Å². The van der Waals surface area contributed by atoms with Crippen LogP contribution in [0, 0.1) is 0 Å². The highest BCUT2D eigenvalue weighted by atomic mass is 32.1. The van der Waals surface area contributed by atoms with Crippen LogP contribution in [0.1, 0.15) is 12.5 Å². The lowest BCUT2D eigenvalue weighted by atomic mass is 10.1. The highest BCUT2D eigenvalue weighted by Crippen LogP contribution is 2.17. The molecule has 20 heavy (non-hydrogen) atoms. The molecular weight excluding hydrogens is 268 g/mol. The van der Waals surface area contributed by atoms with Gasteiger partial charge in [-0.3, -0.25) is 5.43 Å². The number of anilines is 2. The summed E-state index contributed by atoms with van der Waals surface area (Å²) >= 11 is 4.72. The Morgan fingerprint density at radius 2 is 1.75 bits per heavy atom. The van der Waals surface area contributed by atoms with Crippen molar-refractivity contribution in [3.63, 3.8) is 0 Å². The molecule has 0 fully saturated rings. The lowest BCUT2D eigenvalue weighted by molar-refractivity contribution is 1.03. The number of hydrazone groups is 1. The van der Waals surface area contributed by atoms with Gasteiger partial charge in [-0.2, -0.15) is 5.10 Å². The van der Waals surface area contributed by atoms with Crippen LogP contribution in [0.25, 0.3) is 0 Å². The van der Waals surface area contributed by atoms with E-state index in [2.05, 4.69) is 15.8 Å². The Morgan fingerprint density at radius 3 is 2.45 bits per heavy atom. The van der Waals surface area contributed by atoms with Crippen LogP contribution in [0.4, 0.5) is 11.4 Å². The molecule has 0 amide bonds. The molecule has 0 spiro atoms. The third kappa shape index (κ3) is 4.07. The number of hydrogen-bond donors (Lipinski definition) is 3. The van der Waals surface area contributed by atoms with Gasteiger partial charge in [0.15, 0.2) is 5.11 Å². The predicted molar refractivity (Wildman–Crippen MR) is 88.3 cm³/mol. The molecule has 2 aromatic carbocycles. The molecule has 0 aliphatic heterocycles. The third-order valence-corrected chi connectivity index (χ3v) is 2.77. The molecule has 0 atom stereocenters. The Balaban J connectivity index is 2.16. The van der Waals surface area contributed by atoms with Gasteiger partial charge in [0.2, 0.25) is 0 Å². The van der Waals surface area contributed by atoms with Crippen molar-refractivity contribution >= 4 is 34.4 Å². The fourth-order valence-corrected chi connectivity index (χ4v) is 1.76. The van der Waals surface area contributed by atoms with E-state index in [4.69, 9.17) is 18.0 Å². The van der Waals surface area contributed by atoms with Gasteiger partial charge in [0.05, 0.1) is 5.71 Å². The van der Waals surface area contributed by atoms with E-state index < -0.39 is 0 Å². The van der Waals surface area contributed by atoms with Gasteiger partial charge in [-0.25, -0.2) is 0 Å². The quantitative estimate of drug-likeness (QED) is 0.459. The number of rotatable bonds is 4. The van der Waals surface area contributed by atoms with Crippen molar-refractivity contribution in [2.45, 2.75) is 6.92 Å². The first-order chi connectivity index (χ1) is 9.65. The summed E-state index contributed by atoms with van der Waals surface area (Å²) in [7, 11) is 0. The molecule has 0 unspecified atom stereocenters. The number of para-hydroxylation sites is 1. The first kappa shape index (κ1) is 14.0. The Hall–Kier alpha value is -2.40. The maximum absolute atomic E-state index is 5.35. The van der Waals surface area contributed by atoms with Crippen molar-refractivity contribution in [2.24, 2.45) is 10.8 Å². The highest BCUT2D eigenvalue weighted by Gasteiger charge is 2.00. The molecular formula is C15H16N4S. The van der Waals surface area contributed by atoms with Crippen molar-refractivity contribution in [1.82, 2.24) is 5.43 Å². The zero-order chi connectivity index (χ0) is 14.4. The third-order valence-electron chi connectivity index (χ3n) is 2.68. The maximum Gasteiger partial charge on any atom is 0.184 e. The topological polar surface area (TPSA) is 62.4 Å². The van der Waals surface area contributed by atoms with E-state index in [0.29, 0.717) is 0 Å². The van der Waals surface area contributed by atoms with Gasteiger partial charge in [0.1, 0.15) is 0 Å². The van der Waals surface area contributed by atoms with E-state index in [-0.39, 0.29) is 5.11 Å². The molecule has 4 N–H and O–H groups in total. The van der Waals surface area contributed by atoms with Crippen LogP contribution in [0.5, 0.6) is 0 Å². The summed E-state index contributed by atoms with van der Waals surface area (Å²) in [6.07, 6.45) is 0. The van der Waals surface area contributed by atoms with Gasteiger partial charge < -0.3 is 11.1 Å². The van der Waals surface area contributed by atoms with Gasteiger partial charge >= 0.3 is 0 Å². The molecule has 4 nitrogen and oxygen atoms in total. The molecule has 102 valence electrons. The van der Waals surface area contributed by atoms with Crippen molar-refractivity contribution in [1.29, 1.82) is 0 Å². The van der Waals surface area contributed by atoms with Crippen LogP contribution in [0.15, 0.2) is 59.7 Å². The molecule has 0 saturated heterocycles. The normalized spacial score (nSPS) is 10.9. The van der Waals surface area contributed by atoms with Gasteiger partial charge in [-0.1, -0.05) is 30.3 Å². The first-order valence-electron chi connectivity index (χ1n) is 6.17. The lowest BCUT2D eigenvalue weighted by Gasteiger charge is -2.08. The van der Waals surface area contributed by atoms with Crippen LogP contribution in [-0.4, -0.2) is 10.8 Å². The summed E-state index contributed by atoms with van der Waals surface area (Å²) < 4.78 is 0. The summed E-state index contributed by atoms with van der Waals surface area (Å²) in [5.74, 6) is 0. The van der Waals surface area contributed by atoms with Gasteiger partial charge in [-0.05, 0) is 49.0 Å². The average molecular weight is 284 g/mol. The number of nitrogens with zero attached hydrogens (tertiary/aromatic N) is 1. The molecule has 0 aliphatic rings. The molecule has 5 heteroatoms. The molecule has 0 aliphatic carbocycles. The molecule has 0 radical (unpaired) electrons. The molecule has 0 heterocycles. The van der Waals surface area contributed by atoms with Crippen molar-refractivity contribution in [3.8, 4) is 0 Å². The molecule has 0 saturated carbocycles. The second kappa shape index (κ2) is 6.68. The Bertz CT molecular complexity index is 623. The smallest absolute Gasteiger partial charge is 0.184 e. The van der Waals surface area contributed by atoms with Crippen LogP contribution in [0.2, 0.25) is 0 Å². The van der Waals surface area contributed by atoms with Gasteiger partial charge in [-0.15, -0.1) is 0 Å². The minimum atomic E-state index is 0.155. The van der Waals surface area contributed by atoms with E-state index in [9.17, 15) is 0 Å².